The van der Waals surface area contributed by atoms with Crippen LogP contribution in [-0.2, 0) is 11.3 Å². The van der Waals surface area contributed by atoms with Crippen molar-refractivity contribution in [2.75, 3.05) is 7.05 Å². The van der Waals surface area contributed by atoms with E-state index in [0.717, 1.165) is 0 Å². The van der Waals surface area contributed by atoms with Gasteiger partial charge in [-0.2, -0.15) is 0 Å². The molecule has 0 heterocycles. The molecule has 6 heteroatoms. The molecule has 5 nitrogen and oxygen atoms in total. The predicted molar refractivity (Wildman–Crippen MR) is 63.4 cm³/mol. The van der Waals surface area contributed by atoms with E-state index in [1.165, 1.54) is 17.3 Å². The quantitative estimate of drug-likeness (QED) is 0.387. The Morgan fingerprint density at radius 2 is 2.29 bits per heavy atom. The molecule has 0 unspecified atom stereocenters. The molecular formula is C11H15FN4O. The van der Waals surface area contributed by atoms with Crippen molar-refractivity contribution in [1.82, 2.24) is 10.3 Å². The average Bonchev–Trinajstić information content (AvgIpc) is 2.26. The summed E-state index contributed by atoms with van der Waals surface area (Å²) >= 11 is 0. The van der Waals surface area contributed by atoms with Gasteiger partial charge in [0.1, 0.15) is 5.82 Å². The van der Waals surface area contributed by atoms with E-state index in [2.05, 4.69) is 5.32 Å². The van der Waals surface area contributed by atoms with Crippen LogP contribution in [0.5, 0.6) is 0 Å². The molecule has 1 aromatic carbocycles. The minimum absolute atomic E-state index is 0.149. The van der Waals surface area contributed by atoms with Crippen molar-refractivity contribution in [2.24, 2.45) is 11.6 Å². The number of nitrogens with two attached hydrogens (primary N) is 2. The van der Waals surface area contributed by atoms with Gasteiger partial charge in [0.2, 0.25) is 6.41 Å². The van der Waals surface area contributed by atoms with Gasteiger partial charge >= 0.3 is 0 Å². The van der Waals surface area contributed by atoms with Crippen LogP contribution in [0, 0.1) is 5.82 Å². The Kier molecular flexibility index (Phi) is 4.47. The van der Waals surface area contributed by atoms with Gasteiger partial charge in [0.05, 0.1) is 5.70 Å². The van der Waals surface area contributed by atoms with Crippen molar-refractivity contribution >= 4 is 12.1 Å². The number of nitrogens with zero attached hydrogens (tertiary/aromatic N) is 1. The largest absolute Gasteiger partial charge is 0.397 e. The lowest BCUT2D eigenvalue weighted by Gasteiger charge is -2.09. The first-order chi connectivity index (χ1) is 8.04. The Balaban J connectivity index is 2.92. The van der Waals surface area contributed by atoms with Gasteiger partial charge in [0.15, 0.2) is 0 Å². The van der Waals surface area contributed by atoms with Gasteiger partial charge in [-0.3, -0.25) is 4.79 Å². The van der Waals surface area contributed by atoms with Gasteiger partial charge in [0, 0.05) is 30.9 Å². The summed E-state index contributed by atoms with van der Waals surface area (Å²) in [6, 6.07) is 4.54. The summed E-state index contributed by atoms with van der Waals surface area (Å²) in [6.07, 6.45) is 2.00. The molecule has 0 bridgehead atoms. The van der Waals surface area contributed by atoms with E-state index < -0.39 is 5.82 Å². The number of hydrogen-bond donors (Lipinski definition) is 3. The second-order valence-corrected chi connectivity index (χ2v) is 3.55. The average molecular weight is 238 g/mol. The number of halogens is 1. The number of nitrogens with one attached hydrogen (secondary N) is 1. The van der Waals surface area contributed by atoms with Crippen LogP contribution in [-0.4, -0.2) is 18.5 Å². The van der Waals surface area contributed by atoms with E-state index in [1.807, 2.05) is 0 Å². The van der Waals surface area contributed by atoms with E-state index in [-0.39, 0.29) is 6.54 Å². The van der Waals surface area contributed by atoms with Gasteiger partial charge in [-0.05, 0) is 6.07 Å². The van der Waals surface area contributed by atoms with E-state index >= 15 is 0 Å². The maximum absolute atomic E-state index is 13.6. The maximum Gasteiger partial charge on any atom is 0.207 e. The summed E-state index contributed by atoms with van der Waals surface area (Å²) in [6.45, 7) is 0.149. The fraction of sp³-hybridized carbons (Fsp3) is 0.182. The van der Waals surface area contributed by atoms with Crippen LogP contribution in [0.15, 0.2) is 24.4 Å². The number of rotatable bonds is 5. The van der Waals surface area contributed by atoms with Crippen molar-refractivity contribution in [3.05, 3.63) is 41.3 Å². The Morgan fingerprint density at radius 3 is 2.82 bits per heavy atom. The molecule has 1 amide bonds. The second-order valence-electron chi connectivity index (χ2n) is 3.55. The zero-order valence-corrected chi connectivity index (χ0v) is 9.48. The second kappa shape index (κ2) is 5.86. The Labute approximate surface area is 98.9 Å². The maximum atomic E-state index is 13.6. The van der Waals surface area contributed by atoms with Crippen LogP contribution in [0.3, 0.4) is 0 Å². The van der Waals surface area contributed by atoms with E-state index in [0.29, 0.717) is 23.2 Å². The molecule has 0 radical (unpaired) electrons. The molecule has 0 fully saturated rings. The molecular weight excluding hydrogens is 223 g/mol. The van der Waals surface area contributed by atoms with Crippen molar-refractivity contribution in [1.29, 1.82) is 0 Å². The molecule has 1 rings (SSSR count). The minimum atomic E-state index is -0.423. The first-order valence-corrected chi connectivity index (χ1v) is 4.95. The van der Waals surface area contributed by atoms with E-state index in [1.54, 1.807) is 19.2 Å². The van der Waals surface area contributed by atoms with Gasteiger partial charge in [-0.15, -0.1) is 0 Å². The molecule has 1 aromatic rings. The van der Waals surface area contributed by atoms with Crippen molar-refractivity contribution < 1.29 is 9.18 Å². The van der Waals surface area contributed by atoms with Gasteiger partial charge in [-0.25, -0.2) is 10.2 Å². The predicted octanol–water partition coefficient (Wildman–Crippen LogP) is 0.134. The highest BCUT2D eigenvalue weighted by Crippen LogP contribution is 2.14. The Morgan fingerprint density at radius 1 is 1.59 bits per heavy atom. The highest BCUT2D eigenvalue weighted by Gasteiger charge is 2.05. The number of hydrazine groups is 1. The summed E-state index contributed by atoms with van der Waals surface area (Å²) in [4.78, 5) is 10.1. The van der Waals surface area contributed by atoms with Gasteiger partial charge in [-0.1, -0.05) is 12.1 Å². The van der Waals surface area contributed by atoms with Crippen LogP contribution in [0.4, 0.5) is 4.39 Å². The van der Waals surface area contributed by atoms with Crippen LogP contribution in [0.2, 0.25) is 0 Å². The molecule has 0 saturated heterocycles. The lowest BCUT2D eigenvalue weighted by Crippen LogP contribution is -2.20. The molecule has 5 N–H and O–H groups in total. The van der Waals surface area contributed by atoms with Crippen molar-refractivity contribution in [2.45, 2.75) is 6.54 Å². The van der Waals surface area contributed by atoms with Crippen molar-refractivity contribution in [3.8, 4) is 0 Å². The molecule has 17 heavy (non-hydrogen) atoms. The molecule has 0 aliphatic carbocycles. The summed E-state index contributed by atoms with van der Waals surface area (Å²) in [5.41, 5.74) is 7.02. The SMILES string of the molecule is CN(N)/C=C(\N)c1ccc(CNC=O)c(F)c1. The topological polar surface area (TPSA) is 84.4 Å². The summed E-state index contributed by atoms with van der Waals surface area (Å²) < 4.78 is 13.6. The highest BCUT2D eigenvalue weighted by atomic mass is 19.1. The van der Waals surface area contributed by atoms with Crippen LogP contribution >= 0.6 is 0 Å². The lowest BCUT2D eigenvalue weighted by atomic mass is 10.1. The molecule has 0 aliphatic rings. The van der Waals surface area contributed by atoms with Gasteiger partial charge < -0.3 is 16.1 Å². The third-order valence-corrected chi connectivity index (χ3v) is 2.10. The van der Waals surface area contributed by atoms with Crippen LogP contribution in [0.25, 0.3) is 5.70 Å². The standard InChI is InChI=1S/C11H15FN4O/c1-16(14)6-11(13)8-2-3-9(5-15-7-17)10(12)4-8/h2-4,6-7H,5,13-14H2,1H3,(H,15,17)/b11-6-. The first kappa shape index (κ1) is 13.0. The zero-order valence-electron chi connectivity index (χ0n) is 9.48. The fourth-order valence-electron chi connectivity index (χ4n) is 1.32. The molecule has 0 saturated carbocycles. The molecule has 0 spiro atoms. The molecule has 0 aliphatic heterocycles. The number of hydrogen-bond acceptors (Lipinski definition) is 4. The highest BCUT2D eigenvalue weighted by molar-refractivity contribution is 5.62. The normalized spacial score (nSPS) is 11.1. The van der Waals surface area contributed by atoms with E-state index in [4.69, 9.17) is 11.6 Å². The molecule has 0 aromatic heterocycles. The van der Waals surface area contributed by atoms with Gasteiger partial charge in [0.25, 0.3) is 0 Å². The Bertz CT molecular complexity index is 431. The third-order valence-electron chi connectivity index (χ3n) is 2.10. The number of carbonyl (C=O) groups excluding carboxylic acids is 1. The monoisotopic (exact) mass is 238 g/mol. The van der Waals surface area contributed by atoms with Crippen molar-refractivity contribution in [3.63, 3.8) is 0 Å². The summed E-state index contributed by atoms with van der Waals surface area (Å²) in [5.74, 6) is 4.98. The Hall–Kier alpha value is -2.08. The zero-order chi connectivity index (χ0) is 12.8. The minimum Gasteiger partial charge on any atom is -0.397 e. The number of benzene rings is 1. The lowest BCUT2D eigenvalue weighted by molar-refractivity contribution is -0.109. The smallest absolute Gasteiger partial charge is 0.207 e. The summed E-state index contributed by atoms with van der Waals surface area (Å²) in [7, 11) is 1.62. The van der Waals surface area contributed by atoms with Crippen LogP contribution in [0.1, 0.15) is 11.1 Å². The first-order valence-electron chi connectivity index (χ1n) is 4.95. The molecule has 0 atom stereocenters. The van der Waals surface area contributed by atoms with E-state index in [9.17, 15) is 9.18 Å². The molecule has 92 valence electrons. The summed E-state index contributed by atoms with van der Waals surface area (Å²) in [5, 5.41) is 3.68. The third kappa shape index (κ3) is 3.76. The number of amides is 1. The number of carbonyl (C=O) groups is 1. The van der Waals surface area contributed by atoms with Crippen LogP contribution < -0.4 is 16.9 Å². The fourth-order valence-corrected chi connectivity index (χ4v) is 1.32.